The molecule has 138 heteroatoms. The summed E-state index contributed by atoms with van der Waals surface area (Å²) in [6, 6.07) is 0. The Balaban J connectivity index is 0. The molecule has 828 valence electrons. The molecule has 0 atom stereocenters. The molecule has 0 fully saturated rings. The molecule has 0 saturated heterocycles. The summed E-state index contributed by atoms with van der Waals surface area (Å²) in [6.45, 7) is 0. The van der Waals surface area contributed by atoms with E-state index >= 15 is 0 Å². The van der Waals surface area contributed by atoms with Gasteiger partial charge >= 0.3 is 0 Å². The van der Waals surface area contributed by atoms with Gasteiger partial charge in [0, 0.05) is 2910 Å². The Morgan fingerprint density at radius 3 is 0.00725 bits per heavy atom. The quantitative estimate of drug-likeness (QED) is 0.312. The fraction of sp³-hybridized carbons (Fsp3) is 0. The van der Waals surface area contributed by atoms with Gasteiger partial charge in [-0.3, -0.25) is 0 Å². The van der Waals surface area contributed by atoms with Crippen molar-refractivity contribution in [2.24, 2.45) is 0 Å². The van der Waals surface area contributed by atoms with E-state index in [-0.39, 0.29) is 2910 Å². The molecule has 0 heterocycles. The molecule has 0 aliphatic carbocycles. The standard InChI is InChI=1S/138W. The molecule has 0 nitrogen and oxygen atoms in total. The van der Waals surface area contributed by atoms with Crippen LogP contribution in [0.4, 0.5) is 0 Å². The Kier molecular flexibility index (Phi) is 13800. The molecule has 0 aliphatic heterocycles. The molecule has 0 bridgehead atoms. The Hall–Kier alpha value is 95.0. The van der Waals surface area contributed by atoms with Crippen LogP contribution in [0.2, 0.25) is 0 Å². The van der Waals surface area contributed by atoms with Crippen molar-refractivity contribution in [3.63, 3.8) is 0 Å². The number of hydrogen-bond acceptors (Lipinski definition) is 0. The predicted octanol–water partition coefficient (Wildman–Crippen LogP) is -0.345. The summed E-state index contributed by atoms with van der Waals surface area (Å²) in [4.78, 5) is 0. The van der Waals surface area contributed by atoms with Gasteiger partial charge in [0.1, 0.15) is 0 Å². The monoisotopic (exact) mass is 25400 g/mol. The van der Waals surface area contributed by atoms with E-state index in [1.54, 1.807) is 0 Å². The van der Waals surface area contributed by atoms with Gasteiger partial charge in [0.2, 0.25) is 0 Å². The third kappa shape index (κ3) is 1350. The van der Waals surface area contributed by atoms with Crippen LogP contribution < -0.4 is 0 Å². The molecule has 0 saturated carbocycles. The number of hydrogen-bond donors (Lipinski definition) is 0. The molecule has 0 N–H and O–H groups in total. The fourth-order valence-electron chi connectivity index (χ4n) is 0. The van der Waals surface area contributed by atoms with Crippen molar-refractivity contribution >= 4 is 0 Å². The van der Waals surface area contributed by atoms with Crippen LogP contribution in [0.25, 0.3) is 0 Å². The van der Waals surface area contributed by atoms with Gasteiger partial charge in [0.05, 0.1) is 0 Å². The maximum absolute atomic E-state index is 0. The Bertz CT molecular complexity index is 0. The van der Waals surface area contributed by atoms with Crippen LogP contribution in [0.1, 0.15) is 0 Å². The zero-order valence-electron chi connectivity index (χ0n) is 56.3. The van der Waals surface area contributed by atoms with Gasteiger partial charge in [-0.25, -0.2) is 0 Å². The van der Waals surface area contributed by atoms with Crippen LogP contribution in [0, 0.1) is 0 Å². The van der Waals surface area contributed by atoms with Gasteiger partial charge in [0.15, 0.2) is 0 Å². The molecule has 0 aromatic carbocycles. The van der Waals surface area contributed by atoms with E-state index in [1.165, 1.54) is 0 Å². The van der Waals surface area contributed by atoms with Gasteiger partial charge < -0.3 is 0 Å². The van der Waals surface area contributed by atoms with E-state index in [0.29, 0.717) is 0 Å². The second kappa shape index (κ2) is 1370. The molecule has 0 rings (SSSR count). The van der Waals surface area contributed by atoms with Crippen molar-refractivity contribution in [1.82, 2.24) is 0 Å². The molecule has 138 heavy (non-hydrogen) atoms. The Labute approximate surface area is 2810 Å². The summed E-state index contributed by atoms with van der Waals surface area (Å²) in [6.07, 6.45) is 0. The van der Waals surface area contributed by atoms with E-state index in [2.05, 4.69) is 0 Å². The average Bonchev–Trinajstić information content (AvgIpc) is 0. The van der Waals surface area contributed by atoms with Crippen LogP contribution in [0.5, 0.6) is 0 Å². The fourth-order valence-corrected chi connectivity index (χ4v) is 0. The summed E-state index contributed by atoms with van der Waals surface area (Å²) in [5.74, 6) is 0. The molecule has 0 radical (unpaired) electrons. The Morgan fingerprint density at radius 2 is 0.00725 bits per heavy atom. The summed E-state index contributed by atoms with van der Waals surface area (Å²) in [5, 5.41) is 0. The maximum Gasteiger partial charge on any atom is 0 e. The topological polar surface area (TPSA) is 0 Å². The van der Waals surface area contributed by atoms with Crippen LogP contribution in [0.3, 0.4) is 0 Å². The minimum absolute atomic E-state index is 0. The smallest absolute Gasteiger partial charge is 0 e. The molecule has 0 aliphatic rings. The number of rotatable bonds is 0. The average molecular weight is 25400 g/mol. The first-order valence-corrected chi connectivity index (χ1v) is 0. The van der Waals surface area contributed by atoms with E-state index in [0.717, 1.165) is 0 Å². The molecule has 0 aromatic rings. The van der Waals surface area contributed by atoms with Crippen molar-refractivity contribution in [2.75, 3.05) is 0 Å². The largest absolute Gasteiger partial charge is 0 e. The van der Waals surface area contributed by atoms with Crippen molar-refractivity contribution in [2.45, 2.75) is 0 Å². The molecular weight excluding hydrogens is 25400 g/mol. The minimum Gasteiger partial charge on any atom is 0 e. The summed E-state index contributed by atoms with van der Waals surface area (Å²) in [5.41, 5.74) is 0. The van der Waals surface area contributed by atoms with Crippen molar-refractivity contribution in [1.29, 1.82) is 0 Å². The zero-order chi connectivity index (χ0) is 0. The van der Waals surface area contributed by atoms with Gasteiger partial charge in [-0.2, -0.15) is 0 Å². The first kappa shape index (κ1) is 1390. The van der Waals surface area contributed by atoms with Crippen LogP contribution >= 0.6 is 0 Å². The SMILES string of the molecule is [W].[W].[W].[W].[W].[W].[W].[W].[W].[W].[W].[W].[W].[W].[W].[W].[W].[W].[W].[W].[W].[W].[W].[W].[W].[W].[W].[W].[W].[W].[W].[W].[W].[W].[W].[W].[W].[W].[W].[W].[W].[W].[W].[W].[W].[W].[W].[W].[W].[W].[W].[W].[W].[W].[W].[W].[W].[W].[W].[W].[W].[W].[W].[W].[W].[W].[W].[W].[W].[W].[W].[W].[W].[W].[W].[W].[W].[W].[W].[W].[W].[W].[W].[W].[W].[W].[W].[W].[W].[W].[W].[W].[W].[W].[W].[W].[W].[W].[W].[W].[W].[W].[W].[W].[W].[W].[W].[W].[W].[W].[W].[W].[W].[W].[W].[W].[W].[W].[W].[W].[W].[W].[W].[W].[W].[W].[W].[W].[W].[W].[W].[W].[W].[W].[W].[W].[W].[W]. The second-order valence-electron chi connectivity index (χ2n) is 0. The maximum atomic E-state index is 0. The Morgan fingerprint density at radius 1 is 0.00725 bits per heavy atom. The molecule has 0 amide bonds. The van der Waals surface area contributed by atoms with Crippen LogP contribution in [0.15, 0.2) is 0 Å². The third-order valence-corrected chi connectivity index (χ3v) is 0. The summed E-state index contributed by atoms with van der Waals surface area (Å²) < 4.78 is 0. The van der Waals surface area contributed by atoms with Gasteiger partial charge in [-0.15, -0.1) is 0 Å². The van der Waals surface area contributed by atoms with Gasteiger partial charge in [-0.1, -0.05) is 0 Å². The molecular formula is W138. The van der Waals surface area contributed by atoms with Crippen molar-refractivity contribution < 1.29 is 2910 Å². The molecule has 0 aromatic heterocycles. The summed E-state index contributed by atoms with van der Waals surface area (Å²) in [7, 11) is 0. The minimum atomic E-state index is 0. The molecule has 0 unspecified atom stereocenters. The van der Waals surface area contributed by atoms with E-state index in [1.807, 2.05) is 0 Å². The molecule has 0 spiro atoms. The van der Waals surface area contributed by atoms with Gasteiger partial charge in [0.25, 0.3) is 0 Å². The van der Waals surface area contributed by atoms with Crippen LogP contribution in [-0.4, -0.2) is 0 Å². The van der Waals surface area contributed by atoms with E-state index < -0.39 is 0 Å². The van der Waals surface area contributed by atoms with Crippen LogP contribution in [-0.2, 0) is 2910 Å². The first-order chi connectivity index (χ1) is 0. The second-order valence-corrected chi connectivity index (χ2v) is 0. The first-order valence-electron chi connectivity index (χ1n) is 0. The predicted molar refractivity (Wildman–Crippen MR) is 0 cm³/mol. The van der Waals surface area contributed by atoms with E-state index in [9.17, 15) is 0 Å². The van der Waals surface area contributed by atoms with Crippen molar-refractivity contribution in [3.05, 3.63) is 0 Å². The zero-order valence-corrected chi connectivity index (χ0v) is 461. The van der Waals surface area contributed by atoms with E-state index in [4.69, 9.17) is 0 Å². The third-order valence-electron chi connectivity index (χ3n) is 0. The summed E-state index contributed by atoms with van der Waals surface area (Å²) >= 11 is 0. The van der Waals surface area contributed by atoms with Gasteiger partial charge in [-0.05, 0) is 0 Å². The van der Waals surface area contributed by atoms with Crippen molar-refractivity contribution in [3.8, 4) is 0 Å². The normalized spacial score (nSPS) is 0.